The van der Waals surface area contributed by atoms with Crippen molar-refractivity contribution in [3.63, 3.8) is 0 Å². The van der Waals surface area contributed by atoms with Gasteiger partial charge in [0.1, 0.15) is 12.7 Å². The second kappa shape index (κ2) is 5.10. The molecular weight excluding hydrogens is 176 g/mol. The summed E-state index contributed by atoms with van der Waals surface area (Å²) in [6.07, 6.45) is 10.2. The van der Waals surface area contributed by atoms with Gasteiger partial charge in [0.2, 0.25) is 0 Å². The number of nitrogens with zero attached hydrogens (tertiary/aromatic N) is 3. The summed E-state index contributed by atoms with van der Waals surface area (Å²) < 4.78 is 2.03. The first kappa shape index (κ1) is 9.65. The Hall–Kier alpha value is -0.900. The minimum atomic E-state index is 0.824. The summed E-state index contributed by atoms with van der Waals surface area (Å²) >= 11 is 0. The largest absolute Gasteiger partial charge is 0.320 e. The summed E-state index contributed by atoms with van der Waals surface area (Å²) in [7, 11) is 0. The van der Waals surface area contributed by atoms with E-state index in [4.69, 9.17) is 0 Å². The minimum absolute atomic E-state index is 0.824. The van der Waals surface area contributed by atoms with Crippen LogP contribution in [0.3, 0.4) is 0 Å². The van der Waals surface area contributed by atoms with Gasteiger partial charge in [-0.2, -0.15) is 0 Å². The quantitative estimate of drug-likeness (QED) is 0.692. The third kappa shape index (κ3) is 2.80. The van der Waals surface area contributed by atoms with Crippen molar-refractivity contribution in [1.29, 1.82) is 0 Å². The molecule has 0 aliphatic heterocycles. The molecule has 78 valence electrons. The number of hydrogen-bond donors (Lipinski definition) is 1. The Morgan fingerprint density at radius 3 is 2.64 bits per heavy atom. The Morgan fingerprint density at radius 1 is 1.21 bits per heavy atom. The highest BCUT2D eigenvalue weighted by Crippen LogP contribution is 2.17. The molecule has 1 heterocycles. The van der Waals surface area contributed by atoms with Gasteiger partial charge in [-0.25, -0.2) is 0 Å². The Balaban J connectivity index is 1.47. The number of hydrogen-bond acceptors (Lipinski definition) is 3. The van der Waals surface area contributed by atoms with Gasteiger partial charge in [-0.1, -0.05) is 6.42 Å². The lowest BCUT2D eigenvalue weighted by atomic mass is 9.93. The van der Waals surface area contributed by atoms with Crippen LogP contribution < -0.4 is 5.32 Å². The number of unbranched alkanes of at least 4 members (excludes halogenated alkanes) is 1. The third-order valence-electron chi connectivity index (χ3n) is 2.85. The van der Waals surface area contributed by atoms with Crippen LogP contribution in [0.5, 0.6) is 0 Å². The number of rotatable bonds is 6. The maximum absolute atomic E-state index is 3.77. The number of nitrogens with one attached hydrogen (secondary N) is 1. The van der Waals surface area contributed by atoms with E-state index in [1.807, 2.05) is 4.57 Å². The number of aromatic nitrogens is 3. The first-order chi connectivity index (χ1) is 6.95. The van der Waals surface area contributed by atoms with Gasteiger partial charge in [0, 0.05) is 12.6 Å². The van der Waals surface area contributed by atoms with Crippen LogP contribution in [0, 0.1) is 0 Å². The highest BCUT2D eigenvalue weighted by molar-refractivity contribution is 4.75. The molecule has 0 aromatic carbocycles. The van der Waals surface area contributed by atoms with Crippen LogP contribution >= 0.6 is 0 Å². The van der Waals surface area contributed by atoms with E-state index in [-0.39, 0.29) is 0 Å². The van der Waals surface area contributed by atoms with E-state index in [1.165, 1.54) is 32.1 Å². The zero-order valence-electron chi connectivity index (χ0n) is 8.52. The van der Waals surface area contributed by atoms with Gasteiger partial charge in [-0.3, -0.25) is 0 Å². The van der Waals surface area contributed by atoms with Gasteiger partial charge >= 0.3 is 0 Å². The molecule has 0 unspecified atom stereocenters. The Bertz CT molecular complexity index is 241. The van der Waals surface area contributed by atoms with Crippen LogP contribution in [0.25, 0.3) is 0 Å². The Labute approximate surface area is 84.7 Å². The molecule has 1 aromatic heterocycles. The monoisotopic (exact) mass is 194 g/mol. The molecule has 0 spiro atoms. The fourth-order valence-corrected chi connectivity index (χ4v) is 1.68. The molecule has 0 radical (unpaired) electrons. The van der Waals surface area contributed by atoms with Crippen LogP contribution in [-0.2, 0) is 6.54 Å². The molecule has 2 rings (SSSR count). The summed E-state index contributed by atoms with van der Waals surface area (Å²) in [5, 5.41) is 11.1. The predicted molar refractivity (Wildman–Crippen MR) is 54.9 cm³/mol. The average Bonchev–Trinajstić information content (AvgIpc) is 2.60. The molecule has 14 heavy (non-hydrogen) atoms. The van der Waals surface area contributed by atoms with Gasteiger partial charge in [-0.15, -0.1) is 10.2 Å². The van der Waals surface area contributed by atoms with E-state index in [2.05, 4.69) is 15.5 Å². The van der Waals surface area contributed by atoms with Crippen LogP contribution in [0.2, 0.25) is 0 Å². The summed E-state index contributed by atoms with van der Waals surface area (Å²) in [5.41, 5.74) is 0. The van der Waals surface area contributed by atoms with E-state index < -0.39 is 0 Å². The zero-order chi connectivity index (χ0) is 9.64. The smallest absolute Gasteiger partial charge is 0.119 e. The fraction of sp³-hybridized carbons (Fsp3) is 0.800. The SMILES string of the molecule is c1nncn1CCCCNC1CCC1. The molecule has 1 N–H and O–H groups in total. The lowest BCUT2D eigenvalue weighted by Crippen LogP contribution is -2.35. The summed E-state index contributed by atoms with van der Waals surface area (Å²) in [4.78, 5) is 0. The molecule has 0 saturated heterocycles. The second-order valence-electron chi connectivity index (χ2n) is 3.99. The molecule has 0 atom stereocenters. The van der Waals surface area contributed by atoms with Crippen molar-refractivity contribution < 1.29 is 0 Å². The van der Waals surface area contributed by atoms with Crippen molar-refractivity contribution in [3.05, 3.63) is 12.7 Å². The average molecular weight is 194 g/mol. The molecule has 0 bridgehead atoms. The third-order valence-corrected chi connectivity index (χ3v) is 2.85. The molecule has 1 saturated carbocycles. The van der Waals surface area contributed by atoms with Crippen molar-refractivity contribution in [2.24, 2.45) is 0 Å². The Kier molecular flexibility index (Phi) is 3.51. The van der Waals surface area contributed by atoms with Crippen LogP contribution in [0.15, 0.2) is 12.7 Å². The van der Waals surface area contributed by atoms with Crippen molar-refractivity contribution in [2.75, 3.05) is 6.54 Å². The van der Waals surface area contributed by atoms with E-state index in [0.717, 1.165) is 19.1 Å². The fourth-order valence-electron chi connectivity index (χ4n) is 1.68. The Morgan fingerprint density at radius 2 is 2.00 bits per heavy atom. The zero-order valence-corrected chi connectivity index (χ0v) is 8.52. The first-order valence-corrected chi connectivity index (χ1v) is 5.51. The van der Waals surface area contributed by atoms with Crippen molar-refractivity contribution in [2.45, 2.75) is 44.7 Å². The van der Waals surface area contributed by atoms with E-state index in [9.17, 15) is 0 Å². The highest BCUT2D eigenvalue weighted by atomic mass is 15.2. The predicted octanol–water partition coefficient (Wildman–Crippen LogP) is 1.20. The lowest BCUT2D eigenvalue weighted by Gasteiger charge is -2.26. The highest BCUT2D eigenvalue weighted by Gasteiger charge is 2.15. The van der Waals surface area contributed by atoms with E-state index in [0.29, 0.717) is 0 Å². The van der Waals surface area contributed by atoms with Gasteiger partial charge in [0.25, 0.3) is 0 Å². The van der Waals surface area contributed by atoms with Gasteiger partial charge in [0.05, 0.1) is 0 Å². The maximum atomic E-state index is 3.77. The van der Waals surface area contributed by atoms with E-state index in [1.54, 1.807) is 12.7 Å². The molecule has 1 aliphatic carbocycles. The second-order valence-corrected chi connectivity index (χ2v) is 3.99. The molecule has 1 aromatic rings. The van der Waals surface area contributed by atoms with Gasteiger partial charge in [0.15, 0.2) is 0 Å². The molecule has 4 heteroatoms. The van der Waals surface area contributed by atoms with Crippen LogP contribution in [0.4, 0.5) is 0 Å². The topological polar surface area (TPSA) is 42.7 Å². The van der Waals surface area contributed by atoms with Crippen molar-refractivity contribution in [3.8, 4) is 0 Å². The normalized spacial score (nSPS) is 16.9. The lowest BCUT2D eigenvalue weighted by molar-refractivity contribution is 0.336. The number of aryl methyl sites for hydroxylation is 1. The van der Waals surface area contributed by atoms with Crippen LogP contribution in [0.1, 0.15) is 32.1 Å². The first-order valence-electron chi connectivity index (χ1n) is 5.51. The van der Waals surface area contributed by atoms with Crippen molar-refractivity contribution in [1.82, 2.24) is 20.1 Å². The maximum Gasteiger partial charge on any atom is 0.119 e. The minimum Gasteiger partial charge on any atom is -0.320 e. The molecule has 1 aliphatic rings. The van der Waals surface area contributed by atoms with Gasteiger partial charge in [-0.05, 0) is 32.2 Å². The molecule has 1 fully saturated rings. The van der Waals surface area contributed by atoms with Crippen LogP contribution in [-0.4, -0.2) is 27.4 Å². The summed E-state index contributed by atoms with van der Waals surface area (Å²) in [5.74, 6) is 0. The van der Waals surface area contributed by atoms with Crippen molar-refractivity contribution >= 4 is 0 Å². The van der Waals surface area contributed by atoms with E-state index >= 15 is 0 Å². The van der Waals surface area contributed by atoms with Gasteiger partial charge < -0.3 is 9.88 Å². The molecule has 4 nitrogen and oxygen atoms in total. The molecular formula is C10H18N4. The standard InChI is InChI=1S/C10H18N4/c1(6-11-10-4-3-5-10)2-7-14-8-12-13-9-14/h8-11H,1-7H2. The summed E-state index contributed by atoms with van der Waals surface area (Å²) in [6, 6.07) is 0.824. The molecule has 0 amide bonds. The summed E-state index contributed by atoms with van der Waals surface area (Å²) in [6.45, 7) is 2.20.